The molecule has 0 aromatic heterocycles. The topological polar surface area (TPSA) is 73.8 Å². The van der Waals surface area contributed by atoms with Crippen LogP contribution in [-0.2, 0) is 50.7 Å². The third kappa shape index (κ3) is 28.7. The van der Waals surface area contributed by atoms with Crippen LogP contribution in [0.2, 0.25) is 0 Å². The Morgan fingerprint density at radius 2 is 0.815 bits per heavy atom. The van der Waals surface area contributed by atoms with E-state index in [9.17, 15) is 0 Å². The summed E-state index contributed by atoms with van der Waals surface area (Å²) in [5.74, 6) is 4.74. The molecule has 602 valence electrons. The Hall–Kier alpha value is -4.74. The van der Waals surface area contributed by atoms with Crippen LogP contribution in [0.4, 0.5) is 0 Å². The van der Waals surface area contributed by atoms with Gasteiger partial charge in [-0.25, -0.2) is 0 Å². The number of aryl methyl sites for hydroxylation is 1. The summed E-state index contributed by atoms with van der Waals surface area (Å²) < 4.78 is 45.5. The Kier molecular flexibility index (Phi) is 41.6. The van der Waals surface area contributed by atoms with Crippen molar-refractivity contribution in [2.45, 2.75) is 374 Å². The molecule has 0 amide bonds. The Labute approximate surface area is 660 Å². The molecule has 6 aromatic rings. The van der Waals surface area contributed by atoms with Gasteiger partial charge < -0.3 is 37.9 Å². The lowest BCUT2D eigenvalue weighted by Crippen LogP contribution is -2.29. The highest BCUT2D eigenvalue weighted by Gasteiger charge is 2.34. The lowest BCUT2D eigenvalue weighted by Gasteiger charge is -2.32. The molecule has 108 heavy (non-hydrogen) atoms. The molecule has 8 aliphatic rings. The van der Waals surface area contributed by atoms with E-state index < -0.39 is 0 Å². The van der Waals surface area contributed by atoms with Crippen molar-refractivity contribution in [3.63, 3.8) is 0 Å². The summed E-state index contributed by atoms with van der Waals surface area (Å²) in [5.41, 5.74) is 12.8. The second-order valence-corrected chi connectivity index (χ2v) is 33.7. The van der Waals surface area contributed by atoms with E-state index >= 15 is 0 Å². The minimum Gasteiger partial charge on any atom is -0.381 e. The Morgan fingerprint density at radius 3 is 1.33 bits per heavy atom. The first-order chi connectivity index (χ1) is 52.3. The zero-order chi connectivity index (χ0) is 77.7. The maximum Gasteiger partial charge on any atom is 0.0800 e. The fourth-order valence-electron chi connectivity index (χ4n) is 18.4. The number of hydrogen-bond donors (Lipinski definition) is 0. The first-order valence-electron chi connectivity index (χ1n) is 43.9. The number of ether oxygens (including phenoxy) is 8. The zero-order valence-electron chi connectivity index (χ0n) is 71.5. The van der Waals surface area contributed by atoms with E-state index in [-0.39, 0.29) is 18.3 Å². The molecule has 14 rings (SSSR count). The van der Waals surface area contributed by atoms with Gasteiger partial charge in [0.05, 0.1) is 73.2 Å². The van der Waals surface area contributed by atoms with Crippen molar-refractivity contribution in [3.8, 4) is 11.1 Å². The molecule has 0 radical (unpaired) electrons. The van der Waals surface area contributed by atoms with Gasteiger partial charge >= 0.3 is 0 Å². The van der Waals surface area contributed by atoms with Crippen LogP contribution in [-0.4, -0.2) is 95.6 Å². The van der Waals surface area contributed by atoms with E-state index in [1.165, 1.54) is 241 Å². The monoisotopic (exact) mass is 1480 g/mol. The van der Waals surface area contributed by atoms with Gasteiger partial charge in [-0.1, -0.05) is 257 Å². The van der Waals surface area contributed by atoms with Crippen LogP contribution in [0, 0.1) is 23.7 Å². The highest BCUT2D eigenvalue weighted by molar-refractivity contribution is 5.91. The highest BCUT2D eigenvalue weighted by Crippen LogP contribution is 2.47. The molecule has 0 aliphatic heterocycles. The molecule has 12 unspecified atom stereocenters. The SMILES string of the molecule is CC(C)OC(C)C1CCCCC1.CC(OC1CCCC1)c1ccccc1.CC(OC1CCCCC1)C1CCCCC1.CCC(C)C(C)OC.CCCC(C)OC(C)C1CCc2ccccc21.COC(C)C1CCCC1.COC(C)C1Cc2cccc3cccc1c23.COC(C)C1c2ccccc2-c2ccccc21. The van der Waals surface area contributed by atoms with Crippen LogP contribution < -0.4 is 0 Å². The van der Waals surface area contributed by atoms with Crippen molar-refractivity contribution in [2.24, 2.45) is 23.7 Å². The molecule has 5 saturated carbocycles. The molecular formula is C100H154O8. The normalized spacial score (nSPS) is 21.3. The van der Waals surface area contributed by atoms with Crippen LogP contribution in [0.5, 0.6) is 0 Å². The van der Waals surface area contributed by atoms with Crippen LogP contribution in [0.25, 0.3) is 21.9 Å². The summed E-state index contributed by atoms with van der Waals surface area (Å²) in [4.78, 5) is 0. The van der Waals surface area contributed by atoms with Crippen LogP contribution in [0.15, 0.2) is 140 Å². The molecule has 5 fully saturated rings. The van der Waals surface area contributed by atoms with E-state index in [0.717, 1.165) is 24.2 Å². The maximum absolute atomic E-state index is 6.23. The third-order valence-electron chi connectivity index (χ3n) is 25.7. The Morgan fingerprint density at radius 1 is 0.361 bits per heavy atom. The largest absolute Gasteiger partial charge is 0.381 e. The second kappa shape index (κ2) is 49.7. The van der Waals surface area contributed by atoms with Crippen molar-refractivity contribution in [2.75, 3.05) is 28.4 Å². The van der Waals surface area contributed by atoms with E-state index in [1.54, 1.807) is 21.3 Å². The minimum absolute atomic E-state index is 0.208. The van der Waals surface area contributed by atoms with Gasteiger partial charge in [0.2, 0.25) is 0 Å². The standard InChI is InChI=1S/C16H16O.C16H24O.C15H16O.C14H26O.C13H18O.C11H22O.C8H16O.C7H16O/c1-11(17-2)16-14-9-5-3-7-12(14)13-8-4-6-10-15(13)16;1-4-7-12(2)17-13(3)15-11-10-14-8-5-6-9-16(14)15;1-10(16-2)14-9-12-7-3-5-11-6-4-8-13(14)15(11)12;1-12(13-8-4-2-5-9-13)15-14-10-6-3-7-11-14;1-11(12-7-3-2-4-8-12)14-13-9-5-6-10-13;1-9(2)12-10(3)11-7-5-4-6-8-11;1-7(9-2)8-5-3-4-6-8;1-5-6(2)7(3)8-4/h3-11,16H,1-2H3;5-6,8-9,12-13,15H,4,7,10-11H2,1-3H3;3-8,10,14H,9H2,1-2H3;12-14H,2-11H2,1H3;2-4,7-8,11,13H,5-6,9-10H2,1H3;9-11H,4-8H2,1-3H3;7-8H,3-6H2,1-2H3;6-7H,5H2,1-4H3. The van der Waals surface area contributed by atoms with Gasteiger partial charge in [0.25, 0.3) is 0 Å². The van der Waals surface area contributed by atoms with Gasteiger partial charge in [0.15, 0.2) is 0 Å². The summed E-state index contributed by atoms with van der Waals surface area (Å²) in [6.07, 6.45) is 43.8. The molecule has 8 heteroatoms. The van der Waals surface area contributed by atoms with Gasteiger partial charge in [-0.15, -0.1) is 0 Å². The quantitative estimate of drug-likeness (QED) is 0.0628. The van der Waals surface area contributed by atoms with Crippen LogP contribution in [0.3, 0.4) is 0 Å². The van der Waals surface area contributed by atoms with E-state index in [4.69, 9.17) is 37.9 Å². The van der Waals surface area contributed by atoms with E-state index in [0.29, 0.717) is 78.6 Å². The van der Waals surface area contributed by atoms with Gasteiger partial charge in [-0.3, -0.25) is 0 Å². The zero-order valence-corrected chi connectivity index (χ0v) is 71.5. The molecule has 0 heterocycles. The van der Waals surface area contributed by atoms with E-state index in [2.05, 4.69) is 230 Å². The number of methoxy groups -OCH3 is 4. The molecular weight excluding hydrogens is 1330 g/mol. The van der Waals surface area contributed by atoms with Gasteiger partial charge in [0, 0.05) is 46.2 Å². The molecule has 0 N–H and O–H groups in total. The van der Waals surface area contributed by atoms with Gasteiger partial charge in [0.1, 0.15) is 0 Å². The first-order valence-corrected chi connectivity index (χ1v) is 43.9. The fraction of sp³-hybridized carbons (Fsp3) is 0.660. The average Bonchev–Trinajstić information content (AvgIpc) is 1.61. The third-order valence-corrected chi connectivity index (χ3v) is 25.7. The molecule has 0 bridgehead atoms. The average molecular weight is 1480 g/mol. The predicted molar refractivity (Wildman–Crippen MR) is 458 cm³/mol. The number of fused-ring (bicyclic) bond motifs is 4. The Balaban J connectivity index is 0.000000174. The van der Waals surface area contributed by atoms with E-state index in [1.807, 2.05) is 13.2 Å². The summed E-state index contributed by atoms with van der Waals surface area (Å²) in [6.45, 7) is 30.6. The lowest BCUT2D eigenvalue weighted by atomic mass is 9.85. The minimum atomic E-state index is 0.208. The molecule has 0 saturated heterocycles. The number of rotatable bonds is 23. The van der Waals surface area contributed by atoms with Crippen molar-refractivity contribution < 1.29 is 37.9 Å². The smallest absolute Gasteiger partial charge is 0.0800 e. The Bertz CT molecular complexity index is 3260. The maximum atomic E-state index is 6.23. The van der Waals surface area contributed by atoms with Crippen LogP contribution in [0.1, 0.15) is 333 Å². The fourth-order valence-corrected chi connectivity index (χ4v) is 18.4. The van der Waals surface area contributed by atoms with Gasteiger partial charge in [-0.2, -0.15) is 0 Å². The van der Waals surface area contributed by atoms with Crippen molar-refractivity contribution in [3.05, 3.63) is 178 Å². The first kappa shape index (κ1) is 90.5. The number of hydrogen-bond acceptors (Lipinski definition) is 8. The molecule has 0 spiro atoms. The van der Waals surface area contributed by atoms with Crippen molar-refractivity contribution in [1.29, 1.82) is 0 Å². The number of benzene rings is 6. The predicted octanol–water partition coefficient (Wildman–Crippen LogP) is 27.3. The lowest BCUT2D eigenvalue weighted by molar-refractivity contribution is -0.0545. The molecule has 6 aromatic carbocycles. The van der Waals surface area contributed by atoms with Crippen LogP contribution >= 0.6 is 0 Å². The molecule has 12 atom stereocenters. The molecule has 8 aliphatic carbocycles. The van der Waals surface area contributed by atoms with Crippen molar-refractivity contribution in [1.82, 2.24) is 0 Å². The highest BCUT2D eigenvalue weighted by atomic mass is 16.5. The second-order valence-electron chi connectivity index (χ2n) is 33.7. The van der Waals surface area contributed by atoms with Crippen molar-refractivity contribution >= 4 is 10.8 Å². The summed E-state index contributed by atoms with van der Waals surface area (Å²) in [7, 11) is 7.15. The summed E-state index contributed by atoms with van der Waals surface area (Å²) >= 11 is 0. The summed E-state index contributed by atoms with van der Waals surface area (Å²) in [6, 6.07) is 49.8. The van der Waals surface area contributed by atoms with Gasteiger partial charge in [-0.05, 0) is 251 Å². The molecule has 8 nitrogen and oxygen atoms in total. The summed E-state index contributed by atoms with van der Waals surface area (Å²) in [5, 5.41) is 2.82.